The Labute approximate surface area is 283 Å². The highest BCUT2D eigenvalue weighted by Gasteiger charge is 2.37. The van der Waals surface area contributed by atoms with Crippen LogP contribution in [0.25, 0.3) is 0 Å². The van der Waals surface area contributed by atoms with Crippen molar-refractivity contribution in [1.82, 2.24) is 25.8 Å². The van der Waals surface area contributed by atoms with Gasteiger partial charge in [-0.15, -0.1) is 0 Å². The zero-order chi connectivity index (χ0) is 34.6. The van der Waals surface area contributed by atoms with Gasteiger partial charge in [0, 0.05) is 71.9 Å². The lowest BCUT2D eigenvalue weighted by Crippen LogP contribution is -2.64. The van der Waals surface area contributed by atoms with Crippen LogP contribution in [0.4, 0.5) is 4.39 Å². The van der Waals surface area contributed by atoms with Crippen molar-refractivity contribution in [2.75, 3.05) is 65.6 Å². The molecule has 14 nitrogen and oxygen atoms in total. The third kappa shape index (κ3) is 11.5. The highest BCUT2D eigenvalue weighted by atomic mass is 19.1. The summed E-state index contributed by atoms with van der Waals surface area (Å²) < 4.78 is 26.9. The SMILES string of the molecule is CCOC1CNC(N2CCC(CCCOC3CCC(CC(=O)N4CC[C@H](C(=O)NC[C@H](O)[C@@H](O)[C@H](O)[C@H](O)CO)C4)C(F)C3)CC2)NC1. The van der Waals surface area contributed by atoms with Crippen LogP contribution in [0.1, 0.15) is 64.7 Å². The topological polar surface area (TPSA) is 196 Å². The molecule has 0 spiro atoms. The van der Waals surface area contributed by atoms with E-state index in [1.54, 1.807) is 4.90 Å². The summed E-state index contributed by atoms with van der Waals surface area (Å²) in [5.74, 6) is -0.785. The summed E-state index contributed by atoms with van der Waals surface area (Å²) in [7, 11) is 0. The number of alkyl halides is 1. The fraction of sp³-hybridized carbons (Fsp3) is 0.939. The summed E-state index contributed by atoms with van der Waals surface area (Å²) in [4.78, 5) is 29.6. The number of carbonyl (C=O) groups excluding carboxylic acids is 2. The number of halogens is 1. The fourth-order valence-corrected chi connectivity index (χ4v) is 7.48. The summed E-state index contributed by atoms with van der Waals surface area (Å²) in [6.07, 6.45) is -0.997. The van der Waals surface area contributed by atoms with Crippen LogP contribution in [0.3, 0.4) is 0 Å². The zero-order valence-electron chi connectivity index (χ0n) is 28.4. The van der Waals surface area contributed by atoms with E-state index in [1.807, 2.05) is 6.92 Å². The number of ether oxygens (including phenoxy) is 2. The molecule has 4 fully saturated rings. The number of aliphatic hydroxyl groups is 5. The number of nitrogens with zero attached hydrogens (tertiary/aromatic N) is 2. The Hall–Kier alpha value is -1.53. The summed E-state index contributed by atoms with van der Waals surface area (Å²) in [6, 6.07) is 0. The molecule has 0 radical (unpaired) electrons. The minimum Gasteiger partial charge on any atom is -0.394 e. The van der Waals surface area contributed by atoms with Crippen molar-refractivity contribution in [3.8, 4) is 0 Å². The Morgan fingerprint density at radius 3 is 2.31 bits per heavy atom. The maximum atomic E-state index is 15.1. The van der Waals surface area contributed by atoms with E-state index in [4.69, 9.17) is 14.6 Å². The molecule has 0 aromatic carbocycles. The second kappa shape index (κ2) is 19.8. The Morgan fingerprint density at radius 1 is 0.938 bits per heavy atom. The van der Waals surface area contributed by atoms with E-state index in [-0.39, 0.29) is 49.8 Å². The fourth-order valence-electron chi connectivity index (χ4n) is 7.48. The predicted molar refractivity (Wildman–Crippen MR) is 174 cm³/mol. The second-order valence-electron chi connectivity index (χ2n) is 14.1. The van der Waals surface area contributed by atoms with Gasteiger partial charge in [0.1, 0.15) is 30.8 Å². The lowest BCUT2D eigenvalue weighted by atomic mass is 9.83. The first-order chi connectivity index (χ1) is 23.1. The number of amides is 2. The predicted octanol–water partition coefficient (Wildman–Crippen LogP) is -1.33. The molecule has 1 saturated carbocycles. The number of likely N-dealkylation sites (tertiary alicyclic amines) is 2. The van der Waals surface area contributed by atoms with E-state index in [9.17, 15) is 30.0 Å². The standard InChI is InChI=1S/C33H60FN5O9/c1-2-47-25-16-36-33(37-17-25)38-10-7-21(8-11-38)4-3-13-48-24-6-5-22(26(34)15-24)14-29(43)39-12-9-23(19-39)32(46)35-18-27(41)30(44)31(45)28(42)20-40/h21-28,30-31,33,36-37,40-42,44-45H,2-20H2,1H3,(H,35,46)/t22?,23-,24?,25?,26?,27-,28+,30+,31+,33?/m0/s1. The Bertz CT molecular complexity index is 972. The van der Waals surface area contributed by atoms with Gasteiger partial charge in [-0.25, -0.2) is 4.39 Å². The smallest absolute Gasteiger partial charge is 0.225 e. The van der Waals surface area contributed by atoms with Crippen molar-refractivity contribution < 1.29 is 49.0 Å². The number of rotatable bonds is 17. The molecule has 15 heteroatoms. The van der Waals surface area contributed by atoms with Crippen molar-refractivity contribution in [3.05, 3.63) is 0 Å². The van der Waals surface area contributed by atoms with Gasteiger partial charge in [-0.05, 0) is 63.7 Å². The van der Waals surface area contributed by atoms with Gasteiger partial charge in [-0.2, -0.15) is 0 Å². The Kier molecular flexibility index (Phi) is 16.2. The van der Waals surface area contributed by atoms with Crippen molar-refractivity contribution >= 4 is 11.8 Å². The number of carbonyl (C=O) groups is 2. The molecule has 48 heavy (non-hydrogen) atoms. The van der Waals surface area contributed by atoms with Gasteiger partial charge >= 0.3 is 0 Å². The molecule has 0 aromatic heterocycles. The second-order valence-corrected chi connectivity index (χ2v) is 14.1. The number of hydrogen-bond acceptors (Lipinski definition) is 12. The van der Waals surface area contributed by atoms with Gasteiger partial charge < -0.3 is 45.2 Å². The zero-order valence-corrected chi connectivity index (χ0v) is 28.4. The van der Waals surface area contributed by atoms with E-state index in [2.05, 4.69) is 20.9 Å². The van der Waals surface area contributed by atoms with Crippen molar-refractivity contribution in [1.29, 1.82) is 0 Å². The summed E-state index contributed by atoms with van der Waals surface area (Å²) >= 11 is 0. The highest BCUT2D eigenvalue weighted by Crippen LogP contribution is 2.33. The quantitative estimate of drug-likeness (QED) is 0.0841. The molecule has 3 heterocycles. The van der Waals surface area contributed by atoms with E-state index in [0.717, 1.165) is 52.0 Å². The number of piperidine rings is 1. The van der Waals surface area contributed by atoms with Gasteiger partial charge in [0.15, 0.2) is 0 Å². The van der Waals surface area contributed by atoms with Crippen LogP contribution < -0.4 is 16.0 Å². The molecule has 8 N–H and O–H groups in total. The van der Waals surface area contributed by atoms with Crippen molar-refractivity contribution in [3.63, 3.8) is 0 Å². The maximum absolute atomic E-state index is 15.1. The van der Waals surface area contributed by atoms with Crippen LogP contribution in [0, 0.1) is 17.8 Å². The normalized spacial score (nSPS) is 31.7. The number of nitrogens with one attached hydrogen (secondary N) is 3. The molecule has 2 amide bonds. The largest absolute Gasteiger partial charge is 0.394 e. The Morgan fingerprint density at radius 2 is 1.65 bits per heavy atom. The molecular weight excluding hydrogens is 629 g/mol. The average molecular weight is 690 g/mol. The first-order valence-corrected chi connectivity index (χ1v) is 18.1. The highest BCUT2D eigenvalue weighted by molar-refractivity contribution is 5.82. The van der Waals surface area contributed by atoms with Crippen molar-refractivity contribution in [2.45, 2.75) is 114 Å². The average Bonchev–Trinajstić information content (AvgIpc) is 3.61. The van der Waals surface area contributed by atoms with E-state index in [1.165, 1.54) is 12.8 Å². The first kappa shape index (κ1) is 39.3. The first-order valence-electron chi connectivity index (χ1n) is 18.1. The lowest BCUT2D eigenvalue weighted by molar-refractivity contribution is -0.133. The van der Waals surface area contributed by atoms with Crippen LogP contribution in [-0.2, 0) is 19.1 Å². The molecule has 3 unspecified atom stereocenters. The summed E-state index contributed by atoms with van der Waals surface area (Å²) in [5, 5.41) is 57.6. The van der Waals surface area contributed by atoms with Gasteiger partial charge in [0.2, 0.25) is 11.8 Å². The van der Waals surface area contributed by atoms with Gasteiger partial charge in [0.05, 0.1) is 30.8 Å². The molecule has 278 valence electrons. The molecule has 3 saturated heterocycles. The van der Waals surface area contributed by atoms with E-state index >= 15 is 4.39 Å². The minimum atomic E-state index is -1.78. The molecule has 8 atom stereocenters. The van der Waals surface area contributed by atoms with Gasteiger partial charge in [0.25, 0.3) is 0 Å². The van der Waals surface area contributed by atoms with Crippen LogP contribution >= 0.6 is 0 Å². The molecule has 4 aliphatic rings. The molecule has 0 aromatic rings. The van der Waals surface area contributed by atoms with E-state index < -0.39 is 49.0 Å². The van der Waals surface area contributed by atoms with Gasteiger partial charge in [-0.3, -0.25) is 25.1 Å². The molecule has 0 bridgehead atoms. The van der Waals surface area contributed by atoms with Crippen LogP contribution in [0.15, 0.2) is 0 Å². The summed E-state index contributed by atoms with van der Waals surface area (Å²) in [5.41, 5.74) is 0. The third-order valence-electron chi connectivity index (χ3n) is 10.6. The molecule has 4 rings (SSSR count). The van der Waals surface area contributed by atoms with E-state index in [0.29, 0.717) is 38.3 Å². The van der Waals surface area contributed by atoms with Crippen LogP contribution in [0.2, 0.25) is 0 Å². The van der Waals surface area contributed by atoms with Crippen LogP contribution in [-0.4, -0.2) is 162 Å². The third-order valence-corrected chi connectivity index (χ3v) is 10.6. The summed E-state index contributed by atoms with van der Waals surface area (Å²) in [6.45, 7) is 6.65. The number of aliphatic hydroxyl groups excluding tert-OH is 5. The number of hydrogen-bond donors (Lipinski definition) is 8. The van der Waals surface area contributed by atoms with Crippen molar-refractivity contribution in [2.24, 2.45) is 17.8 Å². The van der Waals surface area contributed by atoms with Crippen LogP contribution in [0.5, 0.6) is 0 Å². The maximum Gasteiger partial charge on any atom is 0.225 e. The molecular formula is C33H60FN5O9. The Balaban J connectivity index is 1.05. The monoisotopic (exact) mass is 689 g/mol. The molecule has 3 aliphatic heterocycles. The molecule has 1 aliphatic carbocycles. The van der Waals surface area contributed by atoms with Gasteiger partial charge in [-0.1, -0.05) is 0 Å². The lowest BCUT2D eigenvalue weighted by Gasteiger charge is -2.41. The minimum absolute atomic E-state index is 0.0932.